The molecule has 0 radical (unpaired) electrons. The predicted octanol–water partition coefficient (Wildman–Crippen LogP) is 13.3. The highest BCUT2D eigenvalue weighted by Gasteiger charge is 2.17. The maximum Gasteiger partial charge on any atom is 0.164 e. The number of nitrogens with zero attached hydrogens (tertiary/aromatic N) is 4. The summed E-state index contributed by atoms with van der Waals surface area (Å²) >= 11 is 0. The van der Waals surface area contributed by atoms with Crippen LogP contribution >= 0.6 is 0 Å². The van der Waals surface area contributed by atoms with Gasteiger partial charge in [0.1, 0.15) is 11.2 Å². The molecule has 0 saturated heterocycles. The van der Waals surface area contributed by atoms with E-state index in [9.17, 15) is 5.26 Å². The van der Waals surface area contributed by atoms with E-state index in [0.717, 1.165) is 72.0 Å². The van der Waals surface area contributed by atoms with Crippen molar-refractivity contribution in [2.24, 2.45) is 0 Å². The van der Waals surface area contributed by atoms with E-state index in [4.69, 9.17) is 19.4 Å². The maximum atomic E-state index is 9.55. The third-order valence-electron chi connectivity index (χ3n) is 10.4. The molecule has 0 bridgehead atoms. The van der Waals surface area contributed by atoms with E-state index in [1.54, 1.807) is 0 Å². The maximum absolute atomic E-state index is 9.55. The first kappa shape index (κ1) is 33.6. The fraction of sp³-hybridized carbons (Fsp3) is 0. The van der Waals surface area contributed by atoms with Gasteiger partial charge < -0.3 is 4.42 Å². The Morgan fingerprint density at radius 1 is 0.351 bits per heavy atom. The van der Waals surface area contributed by atoms with E-state index in [-0.39, 0.29) is 0 Å². The zero-order chi connectivity index (χ0) is 38.1. The molecule has 0 aliphatic rings. The van der Waals surface area contributed by atoms with Gasteiger partial charge in [0.15, 0.2) is 17.5 Å². The van der Waals surface area contributed by atoms with Gasteiger partial charge in [-0.3, -0.25) is 0 Å². The van der Waals surface area contributed by atoms with Crippen molar-refractivity contribution < 1.29 is 4.42 Å². The van der Waals surface area contributed by atoms with Crippen molar-refractivity contribution in [3.05, 3.63) is 200 Å². The average Bonchev–Trinajstić information content (AvgIpc) is 3.68. The number of furan rings is 1. The van der Waals surface area contributed by atoms with Gasteiger partial charge in [-0.25, -0.2) is 15.0 Å². The molecule has 5 nitrogen and oxygen atoms in total. The molecule has 5 heteroatoms. The first-order valence-corrected chi connectivity index (χ1v) is 18.8. The average molecular weight is 729 g/mol. The monoisotopic (exact) mass is 728 g/mol. The largest absolute Gasteiger partial charge is 0.456 e. The molecule has 57 heavy (non-hydrogen) atoms. The second-order valence-electron chi connectivity index (χ2n) is 14.0. The molecule has 0 fully saturated rings. The van der Waals surface area contributed by atoms with Crippen LogP contribution in [0.3, 0.4) is 0 Å². The van der Waals surface area contributed by atoms with Crippen molar-refractivity contribution in [3.63, 3.8) is 0 Å². The molecular weight excluding hydrogens is 697 g/mol. The van der Waals surface area contributed by atoms with Gasteiger partial charge in [0, 0.05) is 27.5 Å². The fourth-order valence-corrected chi connectivity index (χ4v) is 7.51. The first-order chi connectivity index (χ1) is 28.2. The minimum Gasteiger partial charge on any atom is -0.456 e. The van der Waals surface area contributed by atoms with Crippen LogP contribution in [0, 0.1) is 11.3 Å². The summed E-state index contributed by atoms with van der Waals surface area (Å²) in [6.07, 6.45) is 0. The Hall–Kier alpha value is -7.94. The molecule has 266 valence electrons. The Bertz CT molecular complexity index is 3130. The Labute approximate surface area is 329 Å². The van der Waals surface area contributed by atoms with Crippen LogP contribution in [-0.4, -0.2) is 15.0 Å². The lowest BCUT2D eigenvalue weighted by Gasteiger charge is -2.11. The van der Waals surface area contributed by atoms with Gasteiger partial charge in [-0.1, -0.05) is 152 Å². The predicted molar refractivity (Wildman–Crippen MR) is 230 cm³/mol. The standard InChI is InChI=1S/C52H32N4O/c53-33-34-11-7-16-39(29-34)42-19-9-20-43(31-42)51-54-50(38-25-23-36(24-26-38)41-18-8-17-40(30-41)35-12-3-1-4-13-35)55-52(56-51)44-27-28-46-48(32-44)57-47-22-10-21-45(49(46)47)37-14-5-2-6-15-37/h1-32H. The van der Waals surface area contributed by atoms with Crippen molar-refractivity contribution in [2.75, 3.05) is 0 Å². The van der Waals surface area contributed by atoms with Crippen LogP contribution in [0.1, 0.15) is 5.56 Å². The molecule has 0 amide bonds. The molecule has 0 aliphatic heterocycles. The van der Waals surface area contributed by atoms with E-state index in [1.165, 1.54) is 11.1 Å². The summed E-state index contributed by atoms with van der Waals surface area (Å²) in [6, 6.07) is 68.2. The van der Waals surface area contributed by atoms with Gasteiger partial charge in [0.25, 0.3) is 0 Å². The quantitative estimate of drug-likeness (QED) is 0.163. The number of rotatable bonds is 7. The molecule has 2 aromatic heterocycles. The number of hydrogen-bond acceptors (Lipinski definition) is 5. The van der Waals surface area contributed by atoms with Gasteiger partial charge in [0.2, 0.25) is 0 Å². The van der Waals surface area contributed by atoms with Crippen LogP contribution in [0.25, 0.3) is 101 Å². The molecule has 8 aromatic carbocycles. The SMILES string of the molecule is N#Cc1cccc(-c2cccc(-c3nc(-c4ccc(-c5cccc(-c6ccccc6)c5)cc4)nc(-c4ccc5c(c4)oc4cccc(-c6ccccc6)c45)n3)c2)c1. The number of aromatic nitrogens is 3. The number of nitriles is 1. The highest BCUT2D eigenvalue weighted by molar-refractivity contribution is 6.13. The molecule has 2 heterocycles. The Kier molecular flexibility index (Phi) is 8.48. The Morgan fingerprint density at radius 3 is 1.51 bits per heavy atom. The topological polar surface area (TPSA) is 75.6 Å². The van der Waals surface area contributed by atoms with Crippen molar-refractivity contribution in [1.82, 2.24) is 15.0 Å². The summed E-state index contributed by atoms with van der Waals surface area (Å²) < 4.78 is 6.49. The summed E-state index contributed by atoms with van der Waals surface area (Å²) in [5.41, 5.74) is 13.5. The van der Waals surface area contributed by atoms with E-state index in [2.05, 4.69) is 127 Å². The van der Waals surface area contributed by atoms with Crippen LogP contribution in [0.5, 0.6) is 0 Å². The summed E-state index contributed by atoms with van der Waals surface area (Å²) in [5, 5.41) is 11.7. The summed E-state index contributed by atoms with van der Waals surface area (Å²) in [7, 11) is 0. The zero-order valence-electron chi connectivity index (χ0n) is 30.7. The normalized spacial score (nSPS) is 11.1. The molecule has 10 aromatic rings. The Morgan fingerprint density at radius 2 is 0.825 bits per heavy atom. The second kappa shape index (κ2) is 14.4. The summed E-state index contributed by atoms with van der Waals surface area (Å²) in [5.74, 6) is 1.65. The van der Waals surface area contributed by atoms with Gasteiger partial charge in [-0.2, -0.15) is 5.26 Å². The lowest BCUT2D eigenvalue weighted by atomic mass is 9.98. The molecular formula is C52H32N4O. The summed E-state index contributed by atoms with van der Waals surface area (Å²) in [6.45, 7) is 0. The van der Waals surface area contributed by atoms with Gasteiger partial charge >= 0.3 is 0 Å². The fourth-order valence-electron chi connectivity index (χ4n) is 7.51. The number of benzene rings is 8. The third-order valence-corrected chi connectivity index (χ3v) is 10.4. The molecule has 0 aliphatic carbocycles. The van der Waals surface area contributed by atoms with Crippen LogP contribution < -0.4 is 0 Å². The lowest BCUT2D eigenvalue weighted by molar-refractivity contribution is 0.669. The molecule has 0 spiro atoms. The van der Waals surface area contributed by atoms with Crippen molar-refractivity contribution >= 4 is 21.9 Å². The van der Waals surface area contributed by atoms with E-state index >= 15 is 0 Å². The van der Waals surface area contributed by atoms with Crippen LogP contribution in [0.15, 0.2) is 199 Å². The van der Waals surface area contributed by atoms with Gasteiger partial charge in [-0.15, -0.1) is 0 Å². The third kappa shape index (κ3) is 6.52. The highest BCUT2D eigenvalue weighted by atomic mass is 16.3. The second-order valence-corrected chi connectivity index (χ2v) is 14.0. The minimum atomic E-state index is 0.539. The van der Waals surface area contributed by atoms with Crippen molar-refractivity contribution in [3.8, 4) is 84.7 Å². The Balaban J connectivity index is 1.08. The molecule has 0 atom stereocenters. The zero-order valence-corrected chi connectivity index (χ0v) is 30.7. The van der Waals surface area contributed by atoms with Gasteiger partial charge in [-0.05, 0) is 87.0 Å². The molecule has 0 saturated carbocycles. The van der Waals surface area contributed by atoms with Crippen LogP contribution in [0.2, 0.25) is 0 Å². The molecule has 10 rings (SSSR count). The van der Waals surface area contributed by atoms with Crippen molar-refractivity contribution in [2.45, 2.75) is 0 Å². The first-order valence-electron chi connectivity index (χ1n) is 18.8. The van der Waals surface area contributed by atoms with Gasteiger partial charge in [0.05, 0.1) is 11.6 Å². The van der Waals surface area contributed by atoms with Crippen molar-refractivity contribution in [1.29, 1.82) is 5.26 Å². The highest BCUT2D eigenvalue weighted by Crippen LogP contribution is 2.38. The van der Waals surface area contributed by atoms with E-state index in [1.807, 2.05) is 72.8 Å². The van der Waals surface area contributed by atoms with E-state index in [0.29, 0.717) is 23.0 Å². The number of fused-ring (bicyclic) bond motifs is 3. The molecule has 0 N–H and O–H groups in total. The smallest absolute Gasteiger partial charge is 0.164 e. The lowest BCUT2D eigenvalue weighted by Crippen LogP contribution is -2.00. The van der Waals surface area contributed by atoms with E-state index < -0.39 is 0 Å². The number of hydrogen-bond donors (Lipinski definition) is 0. The minimum absolute atomic E-state index is 0.539. The van der Waals surface area contributed by atoms with Crippen LogP contribution in [0.4, 0.5) is 0 Å². The molecule has 0 unspecified atom stereocenters. The van der Waals surface area contributed by atoms with Crippen LogP contribution in [-0.2, 0) is 0 Å². The summed E-state index contributed by atoms with van der Waals surface area (Å²) in [4.78, 5) is 15.2.